The first kappa shape index (κ1) is 19.3. The molecule has 1 fully saturated rings. The Kier molecular flexibility index (Phi) is 6.50. The molecule has 28 heavy (non-hydrogen) atoms. The molecule has 4 nitrogen and oxygen atoms in total. The molecule has 148 valence electrons. The average Bonchev–Trinajstić information content (AvgIpc) is 2.98. The van der Waals surface area contributed by atoms with Gasteiger partial charge in [-0.2, -0.15) is 0 Å². The maximum absolute atomic E-state index is 11.0. The Hall–Kier alpha value is -2.04. The van der Waals surface area contributed by atoms with E-state index in [0.717, 1.165) is 51.9 Å². The number of carbonyl (C=O) groups excluding carboxylic acids is 1. The van der Waals surface area contributed by atoms with Gasteiger partial charge in [-0.15, -0.1) is 0 Å². The molecule has 2 atom stereocenters. The number of benzene rings is 1. The SMILES string of the molecule is O=CCCC1CCN(Cc2cccnc2)CC1c1ccc2c(c1)CNCCC2. The van der Waals surface area contributed by atoms with Crippen molar-refractivity contribution in [3.63, 3.8) is 0 Å². The number of nitrogens with one attached hydrogen (secondary N) is 1. The van der Waals surface area contributed by atoms with Gasteiger partial charge in [0, 0.05) is 38.4 Å². The third kappa shape index (κ3) is 4.68. The molecule has 1 aromatic heterocycles. The Bertz CT molecular complexity index is 777. The Balaban J connectivity index is 1.54. The van der Waals surface area contributed by atoms with Gasteiger partial charge in [0.05, 0.1) is 0 Å². The van der Waals surface area contributed by atoms with E-state index in [-0.39, 0.29) is 0 Å². The number of aldehydes is 1. The molecule has 1 N–H and O–H groups in total. The summed E-state index contributed by atoms with van der Waals surface area (Å²) in [6, 6.07) is 11.3. The summed E-state index contributed by atoms with van der Waals surface area (Å²) in [5.41, 5.74) is 5.70. The van der Waals surface area contributed by atoms with Crippen LogP contribution in [0, 0.1) is 5.92 Å². The van der Waals surface area contributed by atoms with Crippen molar-refractivity contribution in [2.24, 2.45) is 5.92 Å². The number of fused-ring (bicyclic) bond motifs is 1. The first-order valence-corrected chi connectivity index (χ1v) is 10.7. The minimum Gasteiger partial charge on any atom is -0.313 e. The first-order chi connectivity index (χ1) is 13.8. The molecular formula is C24H31N3O. The van der Waals surface area contributed by atoms with Crippen LogP contribution in [-0.4, -0.2) is 35.8 Å². The highest BCUT2D eigenvalue weighted by molar-refractivity contribution is 5.49. The van der Waals surface area contributed by atoms with Gasteiger partial charge in [-0.3, -0.25) is 9.88 Å². The summed E-state index contributed by atoms with van der Waals surface area (Å²) in [6.45, 7) is 5.20. The van der Waals surface area contributed by atoms with Crippen LogP contribution >= 0.6 is 0 Å². The molecule has 3 heterocycles. The summed E-state index contributed by atoms with van der Waals surface area (Å²) < 4.78 is 0. The van der Waals surface area contributed by atoms with Gasteiger partial charge >= 0.3 is 0 Å². The number of rotatable bonds is 6. The standard InChI is InChI=1S/C24H31N3O/c28-13-3-6-21-9-12-27(17-19-4-1-10-25-15-19)18-24(21)22-8-7-20-5-2-11-26-16-23(20)14-22/h1,4,7-8,10,13-15,21,24,26H,2-3,5-6,9,11-12,16-18H2. The van der Waals surface area contributed by atoms with Gasteiger partial charge in [0.1, 0.15) is 6.29 Å². The summed E-state index contributed by atoms with van der Waals surface area (Å²) in [4.78, 5) is 17.8. The van der Waals surface area contributed by atoms with E-state index in [9.17, 15) is 4.79 Å². The van der Waals surface area contributed by atoms with Gasteiger partial charge in [-0.1, -0.05) is 24.3 Å². The maximum Gasteiger partial charge on any atom is 0.120 e. The number of aryl methyl sites for hydroxylation is 1. The Morgan fingerprint density at radius 1 is 1.25 bits per heavy atom. The molecule has 1 saturated heterocycles. The van der Waals surface area contributed by atoms with Gasteiger partial charge < -0.3 is 10.1 Å². The molecule has 4 rings (SSSR count). The normalized spacial score (nSPS) is 23.0. The Morgan fingerprint density at radius 3 is 3.07 bits per heavy atom. The number of pyridine rings is 1. The Labute approximate surface area is 168 Å². The third-order valence-corrected chi connectivity index (χ3v) is 6.40. The summed E-state index contributed by atoms with van der Waals surface area (Å²) in [5.74, 6) is 1.09. The zero-order valence-corrected chi connectivity index (χ0v) is 16.6. The minimum absolute atomic E-state index is 0.499. The zero-order chi connectivity index (χ0) is 19.2. The van der Waals surface area contributed by atoms with Gasteiger partial charge in [0.15, 0.2) is 0 Å². The molecule has 0 radical (unpaired) electrons. The number of aromatic nitrogens is 1. The van der Waals surface area contributed by atoms with Gasteiger partial charge in [-0.25, -0.2) is 0 Å². The predicted octanol–water partition coefficient (Wildman–Crippen LogP) is 3.70. The maximum atomic E-state index is 11.0. The summed E-state index contributed by atoms with van der Waals surface area (Å²) in [7, 11) is 0. The lowest BCUT2D eigenvalue weighted by atomic mass is 9.77. The van der Waals surface area contributed by atoms with Crippen LogP contribution in [0.4, 0.5) is 0 Å². The highest BCUT2D eigenvalue weighted by Crippen LogP contribution is 2.36. The molecular weight excluding hydrogens is 346 g/mol. The van der Waals surface area contributed by atoms with Crippen molar-refractivity contribution < 1.29 is 4.79 Å². The van der Waals surface area contributed by atoms with Crippen molar-refractivity contribution >= 4 is 6.29 Å². The third-order valence-electron chi connectivity index (χ3n) is 6.40. The van der Waals surface area contributed by atoms with E-state index in [4.69, 9.17) is 0 Å². The number of hydrogen-bond acceptors (Lipinski definition) is 4. The molecule has 0 aliphatic carbocycles. The molecule has 4 heteroatoms. The number of piperidine rings is 1. The molecule has 0 bridgehead atoms. The number of nitrogens with zero attached hydrogens (tertiary/aromatic N) is 2. The Morgan fingerprint density at radius 2 is 2.21 bits per heavy atom. The minimum atomic E-state index is 0.499. The number of hydrogen-bond donors (Lipinski definition) is 1. The van der Waals surface area contributed by atoms with Crippen LogP contribution in [0.2, 0.25) is 0 Å². The van der Waals surface area contributed by atoms with E-state index >= 15 is 0 Å². The van der Waals surface area contributed by atoms with Crippen molar-refractivity contribution in [1.82, 2.24) is 15.2 Å². The van der Waals surface area contributed by atoms with E-state index in [0.29, 0.717) is 18.3 Å². The summed E-state index contributed by atoms with van der Waals surface area (Å²) in [5, 5.41) is 3.56. The molecule has 0 spiro atoms. The zero-order valence-electron chi connectivity index (χ0n) is 16.6. The van der Waals surface area contributed by atoms with Crippen LogP contribution in [0.15, 0.2) is 42.7 Å². The molecule has 1 aromatic carbocycles. The van der Waals surface area contributed by atoms with Crippen molar-refractivity contribution in [3.05, 3.63) is 65.0 Å². The van der Waals surface area contributed by atoms with E-state index in [1.807, 2.05) is 18.5 Å². The monoisotopic (exact) mass is 377 g/mol. The second kappa shape index (κ2) is 9.44. The fourth-order valence-corrected chi connectivity index (χ4v) is 4.88. The largest absolute Gasteiger partial charge is 0.313 e. The van der Waals surface area contributed by atoms with E-state index < -0.39 is 0 Å². The van der Waals surface area contributed by atoms with Crippen molar-refractivity contribution in [1.29, 1.82) is 0 Å². The number of likely N-dealkylation sites (tertiary alicyclic amines) is 1. The topological polar surface area (TPSA) is 45.2 Å². The molecule has 2 aromatic rings. The van der Waals surface area contributed by atoms with E-state index in [1.165, 1.54) is 35.1 Å². The van der Waals surface area contributed by atoms with Crippen LogP contribution in [0.25, 0.3) is 0 Å². The van der Waals surface area contributed by atoms with E-state index in [1.54, 1.807) is 0 Å². The average molecular weight is 378 g/mol. The molecule has 2 aliphatic rings. The van der Waals surface area contributed by atoms with Crippen molar-refractivity contribution in [2.45, 2.75) is 51.1 Å². The molecule has 2 unspecified atom stereocenters. The molecule has 0 saturated carbocycles. The smallest absolute Gasteiger partial charge is 0.120 e. The van der Waals surface area contributed by atoms with Crippen LogP contribution in [-0.2, 0) is 24.3 Å². The summed E-state index contributed by atoms with van der Waals surface area (Å²) in [6.07, 6.45) is 10.1. The highest BCUT2D eigenvalue weighted by atomic mass is 16.1. The lowest BCUT2D eigenvalue weighted by molar-refractivity contribution is -0.108. The summed E-state index contributed by atoms with van der Waals surface area (Å²) >= 11 is 0. The second-order valence-corrected chi connectivity index (χ2v) is 8.30. The fourth-order valence-electron chi connectivity index (χ4n) is 4.88. The first-order valence-electron chi connectivity index (χ1n) is 10.7. The lowest BCUT2D eigenvalue weighted by Gasteiger charge is -2.39. The van der Waals surface area contributed by atoms with Crippen LogP contribution in [0.3, 0.4) is 0 Å². The number of carbonyl (C=O) groups is 1. The van der Waals surface area contributed by atoms with Crippen LogP contribution in [0.1, 0.15) is 53.9 Å². The van der Waals surface area contributed by atoms with Crippen molar-refractivity contribution in [2.75, 3.05) is 19.6 Å². The second-order valence-electron chi connectivity index (χ2n) is 8.30. The van der Waals surface area contributed by atoms with Gasteiger partial charge in [-0.05, 0) is 78.9 Å². The van der Waals surface area contributed by atoms with Crippen molar-refractivity contribution in [3.8, 4) is 0 Å². The van der Waals surface area contributed by atoms with Crippen LogP contribution in [0.5, 0.6) is 0 Å². The van der Waals surface area contributed by atoms with E-state index in [2.05, 4.69) is 39.5 Å². The lowest BCUT2D eigenvalue weighted by Crippen LogP contribution is -2.39. The predicted molar refractivity (Wildman–Crippen MR) is 112 cm³/mol. The van der Waals surface area contributed by atoms with Gasteiger partial charge in [0.25, 0.3) is 0 Å². The molecule has 2 aliphatic heterocycles. The quantitative estimate of drug-likeness (QED) is 0.780. The highest BCUT2D eigenvalue weighted by Gasteiger charge is 2.30. The molecule has 0 amide bonds. The van der Waals surface area contributed by atoms with Gasteiger partial charge in [0.2, 0.25) is 0 Å². The fraction of sp³-hybridized carbons (Fsp3) is 0.500. The van der Waals surface area contributed by atoms with Crippen LogP contribution < -0.4 is 5.32 Å².